The van der Waals surface area contributed by atoms with Gasteiger partial charge in [-0.15, -0.1) is 0 Å². The van der Waals surface area contributed by atoms with E-state index in [1.807, 2.05) is 24.3 Å². The van der Waals surface area contributed by atoms with Crippen LogP contribution in [0.5, 0.6) is 0 Å². The molecule has 28 heavy (non-hydrogen) atoms. The zero-order valence-electron chi connectivity index (χ0n) is 15.1. The number of ether oxygens (including phenoxy) is 1. The molecule has 0 unspecified atom stereocenters. The minimum absolute atomic E-state index is 0.190. The topological polar surface area (TPSA) is 97.3 Å². The van der Waals surface area contributed by atoms with Gasteiger partial charge in [-0.05, 0) is 23.2 Å². The molecular weight excluding hydrogens is 422 g/mol. The van der Waals surface area contributed by atoms with Crippen molar-refractivity contribution in [2.75, 3.05) is 37.5 Å². The third-order valence-corrected chi connectivity index (χ3v) is 6.07. The lowest BCUT2D eigenvalue weighted by Gasteiger charge is -2.27. The third-order valence-electron chi connectivity index (χ3n) is 4.24. The minimum atomic E-state index is -3.25. The molecule has 0 aliphatic carbocycles. The lowest BCUT2D eigenvalue weighted by atomic mass is 10.1. The van der Waals surface area contributed by atoms with E-state index in [9.17, 15) is 8.42 Å². The van der Waals surface area contributed by atoms with Crippen LogP contribution in [-0.2, 0) is 21.3 Å². The predicted octanol–water partition coefficient (Wildman–Crippen LogP) is 2.29. The average Bonchev–Trinajstić information content (AvgIpc) is 3.10. The molecule has 0 bridgehead atoms. The molecule has 2 aromatic heterocycles. The first kappa shape index (κ1) is 19.5. The summed E-state index contributed by atoms with van der Waals surface area (Å²) in [5.41, 5.74) is 2.45. The molecule has 11 heteroatoms. The summed E-state index contributed by atoms with van der Waals surface area (Å²) in [6.07, 6.45) is 1.14. The fraction of sp³-hybridized carbons (Fsp3) is 0.353. The quantitative estimate of drug-likeness (QED) is 0.609. The van der Waals surface area contributed by atoms with Crippen molar-refractivity contribution in [3.05, 3.63) is 35.1 Å². The molecule has 0 spiro atoms. The van der Waals surface area contributed by atoms with E-state index in [1.54, 1.807) is 0 Å². The van der Waals surface area contributed by atoms with Crippen molar-refractivity contribution in [2.45, 2.75) is 6.54 Å². The first-order valence-electron chi connectivity index (χ1n) is 8.60. The SMILES string of the molecule is CS(=O)(=O)NCc1cccc(-c2nc3c(N4CCOCC4)nc(Cl)nc3s2)c1. The second-order valence-corrected chi connectivity index (χ2v) is 9.53. The van der Waals surface area contributed by atoms with Crippen LogP contribution in [0.2, 0.25) is 5.28 Å². The summed E-state index contributed by atoms with van der Waals surface area (Å²) < 4.78 is 30.6. The maximum atomic E-state index is 11.3. The number of hydrogen-bond acceptors (Lipinski definition) is 8. The Hall–Kier alpha value is -1.85. The smallest absolute Gasteiger partial charge is 0.225 e. The van der Waals surface area contributed by atoms with Gasteiger partial charge in [-0.3, -0.25) is 0 Å². The van der Waals surface area contributed by atoms with Crippen molar-refractivity contribution in [3.63, 3.8) is 0 Å². The van der Waals surface area contributed by atoms with Gasteiger partial charge in [0.2, 0.25) is 15.3 Å². The highest BCUT2D eigenvalue weighted by Crippen LogP contribution is 2.34. The van der Waals surface area contributed by atoms with E-state index in [-0.39, 0.29) is 11.8 Å². The summed E-state index contributed by atoms with van der Waals surface area (Å²) in [7, 11) is -3.25. The Labute approximate surface area is 171 Å². The molecule has 148 valence electrons. The number of nitrogens with one attached hydrogen (secondary N) is 1. The first-order chi connectivity index (χ1) is 13.4. The standard InChI is InChI=1S/C17H18ClN5O3S2/c1-28(24,25)19-10-11-3-2-4-12(9-11)15-20-13-14(23-5-7-26-8-6-23)21-17(18)22-16(13)27-15/h2-4,9,19H,5-8,10H2,1H3. The molecule has 0 amide bonds. The van der Waals surface area contributed by atoms with Crippen molar-refractivity contribution >= 4 is 49.1 Å². The van der Waals surface area contributed by atoms with E-state index < -0.39 is 10.0 Å². The second-order valence-electron chi connectivity index (χ2n) is 6.38. The van der Waals surface area contributed by atoms with Crippen LogP contribution in [0, 0.1) is 0 Å². The predicted molar refractivity (Wildman–Crippen MR) is 110 cm³/mol. The third kappa shape index (κ3) is 4.41. The Morgan fingerprint density at radius 2 is 2.04 bits per heavy atom. The van der Waals surface area contributed by atoms with Gasteiger partial charge in [0.05, 0.1) is 19.5 Å². The van der Waals surface area contributed by atoms with Crippen molar-refractivity contribution in [1.29, 1.82) is 0 Å². The largest absolute Gasteiger partial charge is 0.378 e. The van der Waals surface area contributed by atoms with Gasteiger partial charge in [0.25, 0.3) is 0 Å². The maximum Gasteiger partial charge on any atom is 0.225 e. The van der Waals surface area contributed by atoms with Gasteiger partial charge in [0, 0.05) is 25.2 Å². The van der Waals surface area contributed by atoms with Crippen LogP contribution < -0.4 is 9.62 Å². The fourth-order valence-electron chi connectivity index (χ4n) is 2.93. The van der Waals surface area contributed by atoms with Crippen LogP contribution in [0.1, 0.15) is 5.56 Å². The van der Waals surface area contributed by atoms with E-state index in [1.165, 1.54) is 11.3 Å². The van der Waals surface area contributed by atoms with Crippen molar-refractivity contribution in [3.8, 4) is 10.6 Å². The summed E-state index contributed by atoms with van der Waals surface area (Å²) in [6.45, 7) is 2.94. The van der Waals surface area contributed by atoms with Crippen LogP contribution in [0.4, 0.5) is 5.82 Å². The monoisotopic (exact) mass is 439 g/mol. The molecule has 0 radical (unpaired) electrons. The van der Waals surface area contributed by atoms with E-state index in [0.29, 0.717) is 18.7 Å². The Bertz CT molecular complexity index is 1110. The van der Waals surface area contributed by atoms with Gasteiger partial charge in [0.1, 0.15) is 10.5 Å². The van der Waals surface area contributed by atoms with Crippen LogP contribution in [0.25, 0.3) is 20.9 Å². The van der Waals surface area contributed by atoms with E-state index in [2.05, 4.69) is 19.6 Å². The number of morpholine rings is 1. The van der Waals surface area contributed by atoms with Crippen LogP contribution in [0.3, 0.4) is 0 Å². The summed E-state index contributed by atoms with van der Waals surface area (Å²) >= 11 is 7.57. The number of hydrogen-bond donors (Lipinski definition) is 1. The molecular formula is C17H18ClN5O3S2. The number of aromatic nitrogens is 3. The molecule has 1 fully saturated rings. The lowest BCUT2D eigenvalue weighted by molar-refractivity contribution is 0.122. The first-order valence-corrected chi connectivity index (χ1v) is 11.7. The number of benzene rings is 1. The molecule has 0 atom stereocenters. The Morgan fingerprint density at radius 3 is 2.79 bits per heavy atom. The fourth-order valence-corrected chi connectivity index (χ4v) is 4.50. The van der Waals surface area contributed by atoms with Gasteiger partial charge in [-0.1, -0.05) is 29.5 Å². The zero-order valence-corrected chi connectivity index (χ0v) is 17.4. The molecule has 0 saturated carbocycles. The molecule has 1 N–H and O–H groups in total. The molecule has 3 heterocycles. The molecule has 1 saturated heterocycles. The van der Waals surface area contributed by atoms with Crippen LogP contribution in [-0.4, -0.2) is 55.9 Å². The summed E-state index contributed by atoms with van der Waals surface area (Å²) in [5, 5.41) is 0.970. The van der Waals surface area contributed by atoms with Gasteiger partial charge in [-0.2, -0.15) is 4.98 Å². The van der Waals surface area contributed by atoms with Crippen molar-refractivity contribution in [2.24, 2.45) is 0 Å². The molecule has 8 nitrogen and oxygen atoms in total. The highest BCUT2D eigenvalue weighted by Gasteiger charge is 2.20. The molecule has 1 aliphatic heterocycles. The second kappa shape index (κ2) is 7.88. The zero-order chi connectivity index (χ0) is 19.7. The number of thiazole rings is 1. The Morgan fingerprint density at radius 1 is 1.25 bits per heavy atom. The number of nitrogens with zero attached hydrogens (tertiary/aromatic N) is 4. The highest BCUT2D eigenvalue weighted by molar-refractivity contribution is 7.88. The lowest BCUT2D eigenvalue weighted by Crippen LogP contribution is -2.37. The highest BCUT2D eigenvalue weighted by atomic mass is 35.5. The number of rotatable bonds is 5. The van der Waals surface area contributed by atoms with Gasteiger partial charge >= 0.3 is 0 Å². The van der Waals surface area contributed by atoms with Gasteiger partial charge < -0.3 is 9.64 Å². The summed E-state index contributed by atoms with van der Waals surface area (Å²) in [6, 6.07) is 7.59. The molecule has 1 aliphatic rings. The maximum absolute atomic E-state index is 11.3. The summed E-state index contributed by atoms with van der Waals surface area (Å²) in [4.78, 5) is 16.3. The van der Waals surface area contributed by atoms with Crippen molar-refractivity contribution in [1.82, 2.24) is 19.7 Å². The Balaban J connectivity index is 1.70. The summed E-state index contributed by atoms with van der Waals surface area (Å²) in [5.74, 6) is 0.718. The van der Waals surface area contributed by atoms with Gasteiger partial charge in [-0.25, -0.2) is 23.1 Å². The van der Waals surface area contributed by atoms with Crippen molar-refractivity contribution < 1.29 is 13.2 Å². The number of anilines is 1. The molecule has 1 aromatic carbocycles. The van der Waals surface area contributed by atoms with Crippen LogP contribution >= 0.6 is 22.9 Å². The van der Waals surface area contributed by atoms with Gasteiger partial charge in [0.15, 0.2) is 10.6 Å². The number of halogens is 1. The Kier molecular flexibility index (Phi) is 5.48. The van der Waals surface area contributed by atoms with E-state index in [4.69, 9.17) is 21.3 Å². The molecule has 3 aromatic rings. The van der Waals surface area contributed by atoms with Crippen LogP contribution in [0.15, 0.2) is 24.3 Å². The van der Waals surface area contributed by atoms with E-state index >= 15 is 0 Å². The number of fused-ring (bicyclic) bond motifs is 1. The van der Waals surface area contributed by atoms with E-state index in [0.717, 1.165) is 46.1 Å². The number of sulfonamides is 1. The minimum Gasteiger partial charge on any atom is -0.378 e. The molecule has 4 rings (SSSR count). The average molecular weight is 440 g/mol. The normalized spacial score (nSPS) is 15.3.